The molecule has 1 aliphatic heterocycles. The average Bonchev–Trinajstić information content (AvgIpc) is 2.85. The highest BCUT2D eigenvalue weighted by Crippen LogP contribution is 2.17. The van der Waals surface area contributed by atoms with Gasteiger partial charge in [0.25, 0.3) is 5.91 Å². The van der Waals surface area contributed by atoms with Crippen molar-refractivity contribution < 1.29 is 29.0 Å². The van der Waals surface area contributed by atoms with Crippen LogP contribution in [0, 0.1) is 5.92 Å². The summed E-state index contributed by atoms with van der Waals surface area (Å²) in [5.74, 6) is -2.89. The second-order valence-corrected chi connectivity index (χ2v) is 3.92. The molecule has 3 amide bonds. The number of nitrogens with zero attached hydrogens (tertiary/aromatic N) is 1. The summed E-state index contributed by atoms with van der Waals surface area (Å²) in [5.41, 5.74) is 0. The number of esters is 1. The molecule has 19 heavy (non-hydrogen) atoms. The highest BCUT2D eigenvalue weighted by Gasteiger charge is 2.31. The summed E-state index contributed by atoms with van der Waals surface area (Å²) in [4.78, 5) is 45.5. The third-order valence-corrected chi connectivity index (χ3v) is 2.62. The lowest BCUT2D eigenvalue weighted by molar-refractivity contribution is -0.144. The van der Waals surface area contributed by atoms with E-state index in [0.29, 0.717) is 19.0 Å². The predicted molar refractivity (Wildman–Crippen MR) is 62.0 cm³/mol. The normalized spacial score (nSPS) is 18.4. The van der Waals surface area contributed by atoms with Crippen LogP contribution < -0.4 is 5.32 Å². The van der Waals surface area contributed by atoms with E-state index in [0.717, 1.165) is 6.08 Å². The maximum Gasteiger partial charge on any atom is 0.328 e. The number of rotatable bonds is 3. The summed E-state index contributed by atoms with van der Waals surface area (Å²) >= 11 is 0. The van der Waals surface area contributed by atoms with Crippen LogP contribution in [-0.4, -0.2) is 54.1 Å². The van der Waals surface area contributed by atoms with Crippen LogP contribution in [-0.2, 0) is 19.1 Å². The lowest BCUT2D eigenvalue weighted by atomic mass is 10.1. The monoisotopic (exact) mass is 270 g/mol. The Labute approximate surface area is 109 Å². The van der Waals surface area contributed by atoms with Crippen LogP contribution in [0.2, 0.25) is 0 Å². The number of amides is 3. The Hall–Kier alpha value is -2.38. The molecule has 8 nitrogen and oxygen atoms in total. The summed E-state index contributed by atoms with van der Waals surface area (Å²) in [6.45, 7) is 0.510. The second-order valence-electron chi connectivity index (χ2n) is 3.92. The number of carboxylic acids is 1. The van der Waals surface area contributed by atoms with E-state index in [1.54, 1.807) is 0 Å². The van der Waals surface area contributed by atoms with Gasteiger partial charge in [-0.25, -0.2) is 9.59 Å². The second kappa shape index (κ2) is 6.53. The minimum Gasteiger partial charge on any atom is -0.478 e. The largest absolute Gasteiger partial charge is 0.478 e. The number of nitrogens with one attached hydrogen (secondary N) is 1. The van der Waals surface area contributed by atoms with Gasteiger partial charge >= 0.3 is 18.0 Å². The van der Waals surface area contributed by atoms with Crippen LogP contribution in [0.1, 0.15) is 6.42 Å². The van der Waals surface area contributed by atoms with Crippen LogP contribution in [0.3, 0.4) is 0 Å². The highest BCUT2D eigenvalue weighted by molar-refractivity contribution is 6.02. The molecule has 8 heteroatoms. The van der Waals surface area contributed by atoms with E-state index in [4.69, 9.17) is 5.11 Å². The van der Waals surface area contributed by atoms with Gasteiger partial charge in [0.15, 0.2) is 0 Å². The first-order valence-corrected chi connectivity index (χ1v) is 5.52. The van der Waals surface area contributed by atoms with Gasteiger partial charge in [0, 0.05) is 25.2 Å². The molecule has 1 heterocycles. The van der Waals surface area contributed by atoms with E-state index >= 15 is 0 Å². The zero-order valence-corrected chi connectivity index (χ0v) is 10.3. The number of urea groups is 1. The fraction of sp³-hybridized carbons (Fsp3) is 0.455. The van der Waals surface area contributed by atoms with Crippen LogP contribution in [0.15, 0.2) is 12.2 Å². The third-order valence-electron chi connectivity index (χ3n) is 2.62. The van der Waals surface area contributed by atoms with Crippen molar-refractivity contribution in [3.63, 3.8) is 0 Å². The number of likely N-dealkylation sites (tertiary alicyclic amines) is 1. The molecule has 1 aliphatic rings. The number of ether oxygens (including phenoxy) is 1. The summed E-state index contributed by atoms with van der Waals surface area (Å²) in [6.07, 6.45) is 1.84. The number of aliphatic carboxylic acids is 1. The maximum atomic E-state index is 11.6. The van der Waals surface area contributed by atoms with E-state index < -0.39 is 23.9 Å². The fourth-order valence-electron chi connectivity index (χ4n) is 1.68. The molecule has 1 unspecified atom stereocenters. The van der Waals surface area contributed by atoms with E-state index in [9.17, 15) is 19.2 Å². The van der Waals surface area contributed by atoms with Crippen molar-refractivity contribution in [3.05, 3.63) is 12.2 Å². The minimum absolute atomic E-state index is 0.175. The van der Waals surface area contributed by atoms with E-state index in [2.05, 4.69) is 4.74 Å². The Kier molecular flexibility index (Phi) is 5.04. The predicted octanol–water partition coefficient (Wildman–Crippen LogP) is -0.642. The fourth-order valence-corrected chi connectivity index (χ4v) is 1.68. The first-order valence-electron chi connectivity index (χ1n) is 5.52. The van der Waals surface area contributed by atoms with Crippen molar-refractivity contribution in [1.29, 1.82) is 0 Å². The molecule has 2 N–H and O–H groups in total. The Morgan fingerprint density at radius 1 is 1.32 bits per heavy atom. The smallest absolute Gasteiger partial charge is 0.328 e. The number of carbonyl (C=O) groups excluding carboxylic acids is 3. The van der Waals surface area contributed by atoms with Crippen molar-refractivity contribution in [1.82, 2.24) is 10.2 Å². The lowest BCUT2D eigenvalue weighted by Gasteiger charge is -2.15. The molecule has 0 aromatic heterocycles. The minimum atomic E-state index is -1.28. The first-order chi connectivity index (χ1) is 8.93. The van der Waals surface area contributed by atoms with Gasteiger partial charge in [-0.15, -0.1) is 0 Å². The molecule has 1 rings (SSSR count). The van der Waals surface area contributed by atoms with Crippen molar-refractivity contribution >= 4 is 23.9 Å². The van der Waals surface area contributed by atoms with Gasteiger partial charge in [0.2, 0.25) is 0 Å². The van der Waals surface area contributed by atoms with Crippen molar-refractivity contribution in [2.75, 3.05) is 20.2 Å². The molecule has 1 fully saturated rings. The molecule has 0 saturated carbocycles. The molecule has 0 spiro atoms. The molecule has 1 atom stereocenters. The Bertz CT molecular complexity index is 431. The number of carbonyl (C=O) groups is 4. The molecule has 0 aliphatic carbocycles. The van der Waals surface area contributed by atoms with Gasteiger partial charge in [0.1, 0.15) is 0 Å². The quantitative estimate of drug-likeness (QED) is 0.521. The van der Waals surface area contributed by atoms with Crippen LogP contribution in [0.4, 0.5) is 4.79 Å². The van der Waals surface area contributed by atoms with Crippen molar-refractivity contribution in [2.24, 2.45) is 5.92 Å². The zero-order chi connectivity index (χ0) is 14.4. The Morgan fingerprint density at radius 3 is 2.58 bits per heavy atom. The summed E-state index contributed by atoms with van der Waals surface area (Å²) < 4.78 is 4.57. The molecule has 0 aromatic carbocycles. The van der Waals surface area contributed by atoms with Gasteiger partial charge in [-0.3, -0.25) is 14.9 Å². The SMILES string of the molecule is COC(=O)C1CCN(C(=O)NC(=O)C=CC(=O)O)C1. The van der Waals surface area contributed by atoms with E-state index in [1.807, 2.05) is 5.32 Å². The molecule has 0 radical (unpaired) electrons. The molecule has 0 aromatic rings. The molecule has 1 saturated heterocycles. The molecular weight excluding hydrogens is 256 g/mol. The van der Waals surface area contributed by atoms with Crippen molar-refractivity contribution in [2.45, 2.75) is 6.42 Å². The van der Waals surface area contributed by atoms with Crippen LogP contribution >= 0.6 is 0 Å². The maximum absolute atomic E-state index is 11.6. The van der Waals surface area contributed by atoms with E-state index in [-0.39, 0.29) is 12.5 Å². The number of carboxylic acid groups (broad SMARTS) is 1. The topological polar surface area (TPSA) is 113 Å². The Morgan fingerprint density at radius 2 is 2.00 bits per heavy atom. The summed E-state index contributed by atoms with van der Waals surface area (Å²) in [6, 6.07) is -0.661. The number of methoxy groups -OCH3 is 1. The van der Waals surface area contributed by atoms with E-state index in [1.165, 1.54) is 12.0 Å². The summed E-state index contributed by atoms with van der Waals surface area (Å²) in [5, 5.41) is 10.3. The van der Waals surface area contributed by atoms with Crippen molar-refractivity contribution in [3.8, 4) is 0 Å². The molecular formula is C11H14N2O6. The zero-order valence-electron chi connectivity index (χ0n) is 10.3. The van der Waals surface area contributed by atoms with Gasteiger partial charge < -0.3 is 14.7 Å². The standard InChI is InChI=1S/C11H14N2O6/c1-19-10(17)7-4-5-13(6-7)11(18)12-8(14)2-3-9(15)16/h2-3,7H,4-6H2,1H3,(H,15,16)(H,12,14,18). The Balaban J connectivity index is 2.45. The van der Waals surface area contributed by atoms with Crippen LogP contribution in [0.25, 0.3) is 0 Å². The van der Waals surface area contributed by atoms with Gasteiger partial charge in [0.05, 0.1) is 13.0 Å². The average molecular weight is 270 g/mol. The summed E-state index contributed by atoms with van der Waals surface area (Å²) in [7, 11) is 1.27. The van der Waals surface area contributed by atoms with Gasteiger partial charge in [-0.05, 0) is 6.42 Å². The highest BCUT2D eigenvalue weighted by atomic mass is 16.5. The first kappa shape index (κ1) is 14.7. The van der Waals surface area contributed by atoms with Gasteiger partial charge in [-0.2, -0.15) is 0 Å². The lowest BCUT2D eigenvalue weighted by Crippen LogP contribution is -2.41. The molecule has 104 valence electrons. The van der Waals surface area contributed by atoms with Crippen LogP contribution in [0.5, 0.6) is 0 Å². The molecule has 0 bridgehead atoms. The number of hydrogen-bond donors (Lipinski definition) is 2. The third kappa shape index (κ3) is 4.41. The number of hydrogen-bond acceptors (Lipinski definition) is 5. The number of imide groups is 1. The van der Waals surface area contributed by atoms with Gasteiger partial charge in [-0.1, -0.05) is 0 Å².